The molecule has 106 valence electrons. The van der Waals surface area contributed by atoms with Crippen molar-refractivity contribution in [2.75, 3.05) is 7.11 Å². The number of methoxy groups -OCH3 is 1. The number of halogens is 1. The Morgan fingerprint density at radius 2 is 2.16 bits per heavy atom. The van der Waals surface area contributed by atoms with Crippen LogP contribution in [0.5, 0.6) is 0 Å². The number of ether oxygens (including phenoxy) is 1. The van der Waals surface area contributed by atoms with Crippen LogP contribution in [0.4, 0.5) is 0 Å². The Morgan fingerprint density at radius 3 is 2.63 bits per heavy atom. The normalized spacial score (nSPS) is 22.9. The van der Waals surface area contributed by atoms with Crippen LogP contribution in [-0.2, 0) is 13.8 Å². The minimum absolute atomic E-state index is 0.00712. The van der Waals surface area contributed by atoms with Crippen molar-refractivity contribution in [1.29, 1.82) is 0 Å². The van der Waals surface area contributed by atoms with Gasteiger partial charge in [0.05, 0.1) is 15.9 Å². The molecular weight excluding hydrogens is 310 g/mol. The number of nitrogens with one attached hydrogen (secondary N) is 1. The van der Waals surface area contributed by atoms with E-state index in [0.717, 1.165) is 24.2 Å². The van der Waals surface area contributed by atoms with E-state index in [1.807, 2.05) is 0 Å². The van der Waals surface area contributed by atoms with E-state index in [0.29, 0.717) is 9.75 Å². The Labute approximate surface area is 120 Å². The van der Waals surface area contributed by atoms with Gasteiger partial charge in [0, 0.05) is 28.7 Å². The molecule has 1 aromatic heterocycles. The van der Waals surface area contributed by atoms with Gasteiger partial charge in [-0.2, -0.15) is 0 Å². The number of rotatable bonds is 4. The van der Waals surface area contributed by atoms with Gasteiger partial charge in [-0.15, -0.1) is 11.3 Å². The summed E-state index contributed by atoms with van der Waals surface area (Å²) in [4.78, 5) is 12.8. The number of hydrogen-bond acceptors (Lipinski definition) is 5. The summed E-state index contributed by atoms with van der Waals surface area (Å²) >= 11 is 1.13. The standard InChI is InChI=1S/C11H14ClNO4S2/c1-6-10(19(12,15)16)5-9(18-6)11(14)13-7-3-8(4-7)17-2/h5,7-8H,3-4H2,1-2H3,(H,13,14). The molecule has 0 bridgehead atoms. The van der Waals surface area contributed by atoms with Gasteiger partial charge in [-0.25, -0.2) is 8.42 Å². The molecular formula is C11H14ClNO4S2. The maximum Gasteiger partial charge on any atom is 0.262 e. The molecule has 0 spiro atoms. The first-order chi connectivity index (χ1) is 8.81. The zero-order valence-corrected chi connectivity index (χ0v) is 12.9. The molecule has 1 amide bonds. The van der Waals surface area contributed by atoms with Crippen LogP contribution < -0.4 is 5.32 Å². The number of amides is 1. The third-order valence-corrected chi connectivity index (χ3v) is 5.75. The molecule has 19 heavy (non-hydrogen) atoms. The predicted molar refractivity (Wildman–Crippen MR) is 73.4 cm³/mol. The van der Waals surface area contributed by atoms with E-state index in [1.54, 1.807) is 14.0 Å². The molecule has 5 nitrogen and oxygen atoms in total. The van der Waals surface area contributed by atoms with Gasteiger partial charge < -0.3 is 10.1 Å². The quantitative estimate of drug-likeness (QED) is 0.859. The first-order valence-electron chi connectivity index (χ1n) is 5.70. The monoisotopic (exact) mass is 323 g/mol. The fourth-order valence-corrected chi connectivity index (χ4v) is 4.52. The lowest BCUT2D eigenvalue weighted by atomic mass is 9.89. The summed E-state index contributed by atoms with van der Waals surface area (Å²) in [6, 6.07) is 1.42. The van der Waals surface area contributed by atoms with E-state index < -0.39 is 9.05 Å². The van der Waals surface area contributed by atoms with Crippen LogP contribution in [0.1, 0.15) is 27.4 Å². The second kappa shape index (κ2) is 5.40. The lowest BCUT2D eigenvalue weighted by Gasteiger charge is -2.34. The molecule has 1 heterocycles. The first-order valence-corrected chi connectivity index (χ1v) is 8.82. The van der Waals surface area contributed by atoms with Crippen molar-refractivity contribution in [2.24, 2.45) is 0 Å². The van der Waals surface area contributed by atoms with E-state index in [4.69, 9.17) is 15.4 Å². The molecule has 1 aliphatic rings. The van der Waals surface area contributed by atoms with Crippen LogP contribution >= 0.6 is 22.0 Å². The lowest BCUT2D eigenvalue weighted by Crippen LogP contribution is -2.47. The van der Waals surface area contributed by atoms with Gasteiger partial charge in [-0.1, -0.05) is 0 Å². The number of thiophene rings is 1. The van der Waals surface area contributed by atoms with Crippen LogP contribution in [0, 0.1) is 6.92 Å². The Morgan fingerprint density at radius 1 is 1.53 bits per heavy atom. The fraction of sp³-hybridized carbons (Fsp3) is 0.545. The molecule has 0 atom stereocenters. The number of hydrogen-bond donors (Lipinski definition) is 1. The van der Waals surface area contributed by atoms with Gasteiger partial charge in [0.15, 0.2) is 0 Å². The van der Waals surface area contributed by atoms with Crippen molar-refractivity contribution in [1.82, 2.24) is 5.32 Å². The lowest BCUT2D eigenvalue weighted by molar-refractivity contribution is 0.0177. The summed E-state index contributed by atoms with van der Waals surface area (Å²) in [5, 5.41) is 2.84. The van der Waals surface area contributed by atoms with Crippen LogP contribution in [0.15, 0.2) is 11.0 Å². The molecule has 2 rings (SSSR count). The maximum atomic E-state index is 12.0. The summed E-state index contributed by atoms with van der Waals surface area (Å²) < 4.78 is 27.7. The number of carbonyl (C=O) groups is 1. The van der Waals surface area contributed by atoms with Crippen molar-refractivity contribution in [3.63, 3.8) is 0 Å². The third-order valence-electron chi connectivity index (χ3n) is 3.12. The molecule has 0 aliphatic heterocycles. The molecule has 1 aliphatic carbocycles. The van der Waals surface area contributed by atoms with E-state index in [2.05, 4.69) is 5.32 Å². The number of carbonyl (C=O) groups excluding carboxylic acids is 1. The molecule has 0 radical (unpaired) electrons. The Bertz CT molecular complexity index is 590. The summed E-state index contributed by atoms with van der Waals surface area (Å²) in [5.41, 5.74) is 0. The van der Waals surface area contributed by atoms with Crippen molar-refractivity contribution in [2.45, 2.75) is 36.8 Å². The van der Waals surface area contributed by atoms with E-state index in [-0.39, 0.29) is 22.9 Å². The highest BCUT2D eigenvalue weighted by atomic mass is 35.7. The van der Waals surface area contributed by atoms with Gasteiger partial charge in [0.2, 0.25) is 0 Å². The molecule has 1 aromatic rings. The van der Waals surface area contributed by atoms with E-state index in [1.165, 1.54) is 6.07 Å². The summed E-state index contributed by atoms with van der Waals surface area (Å²) in [5.74, 6) is -0.265. The summed E-state index contributed by atoms with van der Waals surface area (Å²) in [6.07, 6.45) is 1.77. The highest BCUT2D eigenvalue weighted by Gasteiger charge is 2.31. The summed E-state index contributed by atoms with van der Waals surface area (Å²) in [6.45, 7) is 1.63. The minimum Gasteiger partial charge on any atom is -0.381 e. The topological polar surface area (TPSA) is 72.5 Å². The zero-order valence-electron chi connectivity index (χ0n) is 10.5. The molecule has 0 aromatic carbocycles. The van der Waals surface area contributed by atoms with Crippen LogP contribution in [-0.4, -0.2) is 33.6 Å². The zero-order chi connectivity index (χ0) is 14.2. The van der Waals surface area contributed by atoms with Gasteiger partial charge in [-0.05, 0) is 25.8 Å². The van der Waals surface area contributed by atoms with Gasteiger partial charge in [-0.3, -0.25) is 4.79 Å². The fourth-order valence-electron chi connectivity index (χ4n) is 1.95. The van der Waals surface area contributed by atoms with Crippen molar-refractivity contribution < 1.29 is 17.9 Å². The van der Waals surface area contributed by atoms with Crippen LogP contribution in [0.25, 0.3) is 0 Å². The highest BCUT2D eigenvalue weighted by Crippen LogP contribution is 2.29. The van der Waals surface area contributed by atoms with Gasteiger partial charge >= 0.3 is 0 Å². The highest BCUT2D eigenvalue weighted by molar-refractivity contribution is 8.13. The third kappa shape index (κ3) is 3.28. The second-order valence-electron chi connectivity index (χ2n) is 4.47. The van der Waals surface area contributed by atoms with Gasteiger partial charge in [0.1, 0.15) is 0 Å². The SMILES string of the molecule is COC1CC(NC(=O)c2cc(S(=O)(=O)Cl)c(C)s2)C1. The van der Waals surface area contributed by atoms with Crippen molar-refractivity contribution in [3.05, 3.63) is 15.8 Å². The molecule has 0 saturated heterocycles. The average molecular weight is 324 g/mol. The first kappa shape index (κ1) is 14.8. The smallest absolute Gasteiger partial charge is 0.262 e. The molecule has 1 saturated carbocycles. The Balaban J connectivity index is 2.05. The molecule has 0 unspecified atom stereocenters. The van der Waals surface area contributed by atoms with Crippen LogP contribution in [0.3, 0.4) is 0 Å². The number of aryl methyl sites for hydroxylation is 1. The average Bonchev–Trinajstić information content (AvgIpc) is 2.64. The second-order valence-corrected chi connectivity index (χ2v) is 8.26. The molecule has 1 N–H and O–H groups in total. The molecule has 8 heteroatoms. The van der Waals surface area contributed by atoms with Crippen LogP contribution in [0.2, 0.25) is 0 Å². The van der Waals surface area contributed by atoms with E-state index >= 15 is 0 Å². The Hall–Kier alpha value is -0.630. The summed E-state index contributed by atoms with van der Waals surface area (Å²) in [7, 11) is 3.14. The van der Waals surface area contributed by atoms with Gasteiger partial charge in [0.25, 0.3) is 15.0 Å². The van der Waals surface area contributed by atoms with E-state index in [9.17, 15) is 13.2 Å². The largest absolute Gasteiger partial charge is 0.381 e. The van der Waals surface area contributed by atoms with Crippen molar-refractivity contribution in [3.8, 4) is 0 Å². The minimum atomic E-state index is -3.80. The van der Waals surface area contributed by atoms with Crippen molar-refractivity contribution >= 4 is 37.0 Å². The molecule has 1 fully saturated rings. The maximum absolute atomic E-state index is 12.0. The predicted octanol–water partition coefficient (Wildman–Crippen LogP) is 1.89. The Kier molecular flexibility index (Phi) is 4.20.